The number of hydrogen-bond acceptors (Lipinski definition) is 6. The zero-order chi connectivity index (χ0) is 24.3. The number of hydrogen-bond donors (Lipinski definition) is 0. The van der Waals surface area contributed by atoms with Gasteiger partial charge in [-0.25, -0.2) is 0 Å². The van der Waals surface area contributed by atoms with E-state index in [1.165, 1.54) is 25.3 Å². The van der Waals surface area contributed by atoms with Gasteiger partial charge in [-0.15, -0.1) is 0 Å². The predicted octanol–water partition coefficient (Wildman–Crippen LogP) is 4.22. The van der Waals surface area contributed by atoms with E-state index in [0.29, 0.717) is 13.1 Å². The van der Waals surface area contributed by atoms with Crippen LogP contribution in [0.15, 0.2) is 48.5 Å². The van der Waals surface area contributed by atoms with Gasteiger partial charge >= 0.3 is 5.97 Å². The number of piperazine rings is 1. The van der Waals surface area contributed by atoms with E-state index in [0.717, 1.165) is 43.1 Å². The van der Waals surface area contributed by atoms with E-state index in [2.05, 4.69) is 24.0 Å². The molecular formula is C27H36N2O5. The second-order valence-corrected chi connectivity index (χ2v) is 8.66. The molecule has 0 unspecified atom stereocenters. The molecule has 1 heterocycles. The highest BCUT2D eigenvalue weighted by Crippen LogP contribution is 2.35. The minimum atomic E-state index is -0.435. The third-order valence-corrected chi connectivity index (χ3v) is 6.08. The second kappa shape index (κ2) is 12.9. The number of methoxy groups -OCH3 is 1. The summed E-state index contributed by atoms with van der Waals surface area (Å²) < 4.78 is 16.4. The van der Waals surface area contributed by atoms with Gasteiger partial charge in [0.25, 0.3) is 5.91 Å². The molecule has 7 heteroatoms. The van der Waals surface area contributed by atoms with Crippen molar-refractivity contribution in [3.8, 4) is 11.5 Å². The fraction of sp³-hybridized carbons (Fsp3) is 0.481. The molecule has 0 spiro atoms. The highest BCUT2D eigenvalue weighted by atomic mass is 16.5. The van der Waals surface area contributed by atoms with Crippen LogP contribution in [0.1, 0.15) is 38.2 Å². The third-order valence-electron chi connectivity index (χ3n) is 6.08. The van der Waals surface area contributed by atoms with Gasteiger partial charge in [-0.2, -0.15) is 0 Å². The molecule has 34 heavy (non-hydrogen) atoms. The van der Waals surface area contributed by atoms with Gasteiger partial charge in [-0.3, -0.25) is 9.59 Å². The SMILES string of the molecule is COc1ccc(N2CCN(C(=O)COC(C)=O)CC2)cc1OC1CCCC1.Cc1ccccc1. The maximum atomic E-state index is 12.1. The zero-order valence-corrected chi connectivity index (χ0v) is 20.5. The van der Waals surface area contributed by atoms with Crippen molar-refractivity contribution in [3.63, 3.8) is 0 Å². The summed E-state index contributed by atoms with van der Waals surface area (Å²) in [6, 6.07) is 16.3. The van der Waals surface area contributed by atoms with Crippen LogP contribution in [0, 0.1) is 6.92 Å². The van der Waals surface area contributed by atoms with Crippen molar-refractivity contribution in [3.05, 3.63) is 54.1 Å². The van der Waals surface area contributed by atoms with Crippen molar-refractivity contribution in [2.24, 2.45) is 0 Å². The molecule has 0 N–H and O–H groups in total. The van der Waals surface area contributed by atoms with Gasteiger partial charge in [0.05, 0.1) is 13.2 Å². The van der Waals surface area contributed by atoms with Crippen LogP contribution in [-0.2, 0) is 14.3 Å². The Bertz CT molecular complexity index is 920. The maximum absolute atomic E-state index is 12.1. The molecule has 184 valence electrons. The van der Waals surface area contributed by atoms with Crippen LogP contribution in [0.4, 0.5) is 5.69 Å². The summed E-state index contributed by atoms with van der Waals surface area (Å²) in [4.78, 5) is 26.9. The van der Waals surface area contributed by atoms with E-state index in [9.17, 15) is 9.59 Å². The van der Waals surface area contributed by atoms with Crippen LogP contribution in [-0.4, -0.2) is 62.8 Å². The number of aryl methyl sites for hydroxylation is 1. The number of carbonyl (C=O) groups excluding carboxylic acids is 2. The molecule has 7 nitrogen and oxygen atoms in total. The second-order valence-electron chi connectivity index (χ2n) is 8.66. The van der Waals surface area contributed by atoms with Gasteiger partial charge in [0, 0.05) is 44.9 Å². The number of benzene rings is 2. The van der Waals surface area contributed by atoms with Crippen molar-refractivity contribution in [2.75, 3.05) is 44.8 Å². The van der Waals surface area contributed by atoms with Crippen LogP contribution in [0.25, 0.3) is 0 Å². The van der Waals surface area contributed by atoms with E-state index in [1.807, 2.05) is 36.4 Å². The van der Waals surface area contributed by atoms with Crippen molar-refractivity contribution in [1.29, 1.82) is 0 Å². The third kappa shape index (κ3) is 7.68. The van der Waals surface area contributed by atoms with Crippen LogP contribution in [0.5, 0.6) is 11.5 Å². The van der Waals surface area contributed by atoms with Gasteiger partial charge in [0.2, 0.25) is 0 Å². The summed E-state index contributed by atoms with van der Waals surface area (Å²) in [5, 5.41) is 0. The van der Waals surface area contributed by atoms with Gasteiger partial charge < -0.3 is 24.0 Å². The number of amides is 1. The first-order chi connectivity index (χ1) is 16.5. The minimum Gasteiger partial charge on any atom is -0.493 e. The van der Waals surface area contributed by atoms with Crippen LogP contribution in [0.2, 0.25) is 0 Å². The number of ether oxygens (including phenoxy) is 3. The molecule has 1 amide bonds. The van der Waals surface area contributed by atoms with Gasteiger partial charge in [-0.1, -0.05) is 35.9 Å². The summed E-state index contributed by atoms with van der Waals surface area (Å²) in [6.45, 7) is 5.86. The van der Waals surface area contributed by atoms with E-state index in [-0.39, 0.29) is 18.6 Å². The lowest BCUT2D eigenvalue weighted by molar-refractivity contribution is -0.150. The Labute approximate surface area is 202 Å². The van der Waals surface area contributed by atoms with E-state index >= 15 is 0 Å². The molecule has 0 bridgehead atoms. The Morgan fingerprint density at radius 2 is 1.62 bits per heavy atom. The standard InChI is InChI=1S/C20H28N2O5.C7H8/c1-15(23)26-14-20(24)22-11-9-21(10-12-22)16-7-8-18(25-2)19(13-16)27-17-5-3-4-6-17;1-7-5-3-2-4-6-7/h7-8,13,17H,3-6,9-12,14H2,1-2H3;2-6H,1H3. The zero-order valence-electron chi connectivity index (χ0n) is 20.5. The summed E-state index contributed by atoms with van der Waals surface area (Å²) in [5.41, 5.74) is 2.39. The Kier molecular flexibility index (Phi) is 9.62. The summed E-state index contributed by atoms with van der Waals surface area (Å²) in [7, 11) is 1.66. The summed E-state index contributed by atoms with van der Waals surface area (Å²) >= 11 is 0. The smallest absolute Gasteiger partial charge is 0.303 e. The maximum Gasteiger partial charge on any atom is 0.303 e. The van der Waals surface area contributed by atoms with Crippen LogP contribution < -0.4 is 14.4 Å². The molecule has 1 saturated carbocycles. The summed E-state index contributed by atoms with van der Waals surface area (Å²) in [6.07, 6.45) is 4.89. The van der Waals surface area contributed by atoms with Crippen LogP contribution >= 0.6 is 0 Å². The lowest BCUT2D eigenvalue weighted by Crippen LogP contribution is -2.49. The molecule has 1 saturated heterocycles. The van der Waals surface area contributed by atoms with Gasteiger partial charge in [-0.05, 0) is 44.7 Å². The molecule has 0 radical (unpaired) electrons. The van der Waals surface area contributed by atoms with Crippen molar-refractivity contribution >= 4 is 17.6 Å². The van der Waals surface area contributed by atoms with Crippen LogP contribution in [0.3, 0.4) is 0 Å². The highest BCUT2D eigenvalue weighted by Gasteiger charge is 2.23. The topological polar surface area (TPSA) is 68.3 Å². The predicted molar refractivity (Wildman–Crippen MR) is 132 cm³/mol. The van der Waals surface area contributed by atoms with E-state index < -0.39 is 5.97 Å². The Morgan fingerprint density at radius 3 is 2.18 bits per heavy atom. The number of nitrogens with zero attached hydrogens (tertiary/aromatic N) is 2. The van der Waals surface area contributed by atoms with Crippen molar-refractivity contribution < 1.29 is 23.8 Å². The number of rotatable bonds is 6. The first-order valence-electron chi connectivity index (χ1n) is 12.0. The number of anilines is 1. The first-order valence-corrected chi connectivity index (χ1v) is 12.0. The minimum absolute atomic E-state index is 0.148. The fourth-order valence-electron chi connectivity index (χ4n) is 4.14. The number of esters is 1. The lowest BCUT2D eigenvalue weighted by atomic mass is 10.2. The number of carbonyl (C=O) groups is 2. The monoisotopic (exact) mass is 468 g/mol. The molecule has 1 aliphatic carbocycles. The molecule has 0 atom stereocenters. The molecular weight excluding hydrogens is 432 g/mol. The molecule has 4 rings (SSSR count). The van der Waals surface area contributed by atoms with E-state index in [4.69, 9.17) is 14.2 Å². The largest absolute Gasteiger partial charge is 0.493 e. The van der Waals surface area contributed by atoms with E-state index in [1.54, 1.807) is 12.0 Å². The Balaban J connectivity index is 0.000000396. The molecule has 2 aromatic carbocycles. The highest BCUT2D eigenvalue weighted by molar-refractivity contribution is 5.80. The van der Waals surface area contributed by atoms with Crippen molar-refractivity contribution in [2.45, 2.75) is 45.6 Å². The average Bonchev–Trinajstić information content (AvgIpc) is 3.36. The lowest BCUT2D eigenvalue weighted by Gasteiger charge is -2.36. The van der Waals surface area contributed by atoms with Gasteiger partial charge in [0.15, 0.2) is 18.1 Å². The van der Waals surface area contributed by atoms with Crippen molar-refractivity contribution in [1.82, 2.24) is 4.90 Å². The summed E-state index contributed by atoms with van der Waals surface area (Å²) in [5.74, 6) is 0.955. The fourth-order valence-corrected chi connectivity index (χ4v) is 4.14. The Hall–Kier alpha value is -3.22. The molecule has 2 aliphatic rings. The molecule has 0 aromatic heterocycles. The Morgan fingerprint density at radius 1 is 0.941 bits per heavy atom. The van der Waals surface area contributed by atoms with Gasteiger partial charge in [0.1, 0.15) is 0 Å². The quantitative estimate of drug-likeness (QED) is 0.592. The molecule has 2 fully saturated rings. The first kappa shape index (κ1) is 25.4. The molecule has 2 aromatic rings. The average molecular weight is 469 g/mol. The normalized spacial score (nSPS) is 15.9. The molecule has 1 aliphatic heterocycles.